The summed E-state index contributed by atoms with van der Waals surface area (Å²) in [6.07, 6.45) is 7.46. The van der Waals surface area contributed by atoms with Gasteiger partial charge >= 0.3 is 5.97 Å². The summed E-state index contributed by atoms with van der Waals surface area (Å²) in [7, 11) is 0. The predicted molar refractivity (Wildman–Crippen MR) is 82.5 cm³/mol. The van der Waals surface area contributed by atoms with Crippen molar-refractivity contribution in [3.8, 4) is 0 Å². The molecule has 2 saturated heterocycles. The van der Waals surface area contributed by atoms with Gasteiger partial charge in [-0.15, -0.1) is 0 Å². The second-order valence-electron chi connectivity index (χ2n) is 7.33. The van der Waals surface area contributed by atoms with E-state index in [1.165, 1.54) is 38.8 Å². The smallest absolute Gasteiger partial charge is 0.324 e. The molecule has 0 aromatic rings. The molecule has 1 saturated carbocycles. The van der Waals surface area contributed by atoms with Crippen molar-refractivity contribution >= 4 is 5.97 Å². The summed E-state index contributed by atoms with van der Waals surface area (Å²) in [5.74, 6) is -0.712. The maximum atomic E-state index is 11.7. The van der Waals surface area contributed by atoms with E-state index < -0.39 is 11.5 Å². The van der Waals surface area contributed by atoms with E-state index in [9.17, 15) is 9.90 Å². The standard InChI is InChI=1S/C16H29N3O2/c1-16(15(20)21,17-13-5-6-13)12-18-10-7-14(11-18)19-8-3-2-4-9-19/h13-14,17H,2-12H2,1H3,(H,20,21). The third kappa shape index (κ3) is 3.76. The quantitative estimate of drug-likeness (QED) is 0.770. The van der Waals surface area contributed by atoms with Crippen LogP contribution in [0, 0.1) is 0 Å². The molecular weight excluding hydrogens is 266 g/mol. The molecule has 21 heavy (non-hydrogen) atoms. The number of carboxylic acid groups (broad SMARTS) is 1. The van der Waals surface area contributed by atoms with Crippen LogP contribution in [0.2, 0.25) is 0 Å². The number of hydrogen-bond donors (Lipinski definition) is 2. The third-order valence-electron chi connectivity index (χ3n) is 5.27. The van der Waals surface area contributed by atoms with Crippen LogP contribution in [-0.2, 0) is 4.79 Å². The minimum absolute atomic E-state index is 0.423. The lowest BCUT2D eigenvalue weighted by atomic mass is 10.0. The van der Waals surface area contributed by atoms with Crippen LogP contribution in [0.3, 0.4) is 0 Å². The first-order chi connectivity index (χ1) is 10.1. The van der Waals surface area contributed by atoms with Gasteiger partial charge in [-0.3, -0.25) is 19.9 Å². The van der Waals surface area contributed by atoms with Crippen LogP contribution in [0.25, 0.3) is 0 Å². The van der Waals surface area contributed by atoms with Crippen LogP contribution in [0.5, 0.6) is 0 Å². The predicted octanol–water partition coefficient (Wildman–Crippen LogP) is 1.14. The lowest BCUT2D eigenvalue weighted by molar-refractivity contribution is -0.145. The van der Waals surface area contributed by atoms with Gasteiger partial charge in [0.25, 0.3) is 0 Å². The third-order valence-corrected chi connectivity index (χ3v) is 5.27. The molecule has 0 aromatic carbocycles. The molecule has 5 heteroatoms. The van der Waals surface area contributed by atoms with Crippen LogP contribution in [0.4, 0.5) is 0 Å². The summed E-state index contributed by atoms with van der Waals surface area (Å²) in [6.45, 7) is 7.01. The molecule has 0 aromatic heterocycles. The van der Waals surface area contributed by atoms with Gasteiger partial charge in [0.2, 0.25) is 0 Å². The fourth-order valence-corrected chi connectivity index (χ4v) is 3.84. The number of likely N-dealkylation sites (tertiary alicyclic amines) is 2. The van der Waals surface area contributed by atoms with Crippen molar-refractivity contribution in [2.75, 3.05) is 32.7 Å². The van der Waals surface area contributed by atoms with Crippen molar-refractivity contribution in [2.24, 2.45) is 0 Å². The highest BCUT2D eigenvalue weighted by molar-refractivity contribution is 5.78. The molecule has 5 nitrogen and oxygen atoms in total. The van der Waals surface area contributed by atoms with Gasteiger partial charge in [-0.1, -0.05) is 6.42 Å². The van der Waals surface area contributed by atoms with Crippen LogP contribution >= 0.6 is 0 Å². The normalized spacial score (nSPS) is 31.2. The van der Waals surface area contributed by atoms with Crippen LogP contribution < -0.4 is 5.32 Å². The van der Waals surface area contributed by atoms with E-state index in [1.54, 1.807) is 0 Å². The Morgan fingerprint density at radius 3 is 2.52 bits per heavy atom. The zero-order chi connectivity index (χ0) is 14.9. The molecule has 0 bridgehead atoms. The number of aliphatic carboxylic acids is 1. The fourth-order valence-electron chi connectivity index (χ4n) is 3.84. The first-order valence-electron chi connectivity index (χ1n) is 8.54. The second kappa shape index (κ2) is 6.23. The van der Waals surface area contributed by atoms with Crippen molar-refractivity contribution in [1.29, 1.82) is 0 Å². The molecule has 0 amide bonds. The molecule has 3 fully saturated rings. The lowest BCUT2D eigenvalue weighted by Gasteiger charge is -2.34. The second-order valence-corrected chi connectivity index (χ2v) is 7.33. The summed E-state index contributed by atoms with van der Waals surface area (Å²) in [5.41, 5.74) is -0.794. The highest BCUT2D eigenvalue weighted by Gasteiger charge is 2.41. The molecule has 2 atom stereocenters. The SMILES string of the molecule is CC(CN1CCC(N2CCCCC2)C1)(NC1CC1)C(=O)O. The highest BCUT2D eigenvalue weighted by Crippen LogP contribution is 2.25. The molecule has 1 aliphatic carbocycles. The monoisotopic (exact) mass is 295 g/mol. The van der Waals surface area contributed by atoms with Gasteiger partial charge in [-0.25, -0.2) is 0 Å². The number of hydrogen-bond acceptors (Lipinski definition) is 4. The summed E-state index contributed by atoms with van der Waals surface area (Å²) in [6, 6.07) is 1.07. The minimum Gasteiger partial charge on any atom is -0.480 e. The van der Waals surface area contributed by atoms with Gasteiger partial charge in [-0.2, -0.15) is 0 Å². The number of piperidine rings is 1. The summed E-state index contributed by atoms with van der Waals surface area (Å²) >= 11 is 0. The van der Waals surface area contributed by atoms with E-state index in [0.29, 0.717) is 18.6 Å². The minimum atomic E-state index is -0.794. The summed E-state index contributed by atoms with van der Waals surface area (Å²) in [5, 5.41) is 12.9. The topological polar surface area (TPSA) is 55.8 Å². The van der Waals surface area contributed by atoms with Crippen LogP contribution in [0.1, 0.15) is 45.4 Å². The average Bonchev–Trinajstić information content (AvgIpc) is 3.15. The lowest BCUT2D eigenvalue weighted by Crippen LogP contribution is -2.57. The number of nitrogens with zero attached hydrogens (tertiary/aromatic N) is 2. The van der Waals surface area contributed by atoms with E-state index in [-0.39, 0.29) is 0 Å². The van der Waals surface area contributed by atoms with Crippen molar-refractivity contribution in [3.05, 3.63) is 0 Å². The Labute approximate surface area is 127 Å². The Morgan fingerprint density at radius 1 is 1.19 bits per heavy atom. The van der Waals surface area contributed by atoms with Gasteiger partial charge in [0.05, 0.1) is 0 Å². The maximum Gasteiger partial charge on any atom is 0.324 e. The van der Waals surface area contributed by atoms with Crippen LogP contribution in [0.15, 0.2) is 0 Å². The number of carboxylic acids is 1. The van der Waals surface area contributed by atoms with E-state index in [1.807, 2.05) is 6.92 Å². The zero-order valence-electron chi connectivity index (χ0n) is 13.2. The van der Waals surface area contributed by atoms with E-state index in [0.717, 1.165) is 25.9 Å². The Morgan fingerprint density at radius 2 is 1.90 bits per heavy atom. The Balaban J connectivity index is 1.53. The molecule has 0 spiro atoms. The molecule has 2 heterocycles. The van der Waals surface area contributed by atoms with Crippen molar-refractivity contribution in [2.45, 2.75) is 63.1 Å². The molecule has 2 unspecified atom stereocenters. The van der Waals surface area contributed by atoms with Gasteiger partial charge < -0.3 is 5.11 Å². The Bertz CT molecular complexity index is 380. The molecule has 2 aliphatic heterocycles. The van der Waals surface area contributed by atoms with Gasteiger partial charge in [-0.05, 0) is 58.7 Å². The first-order valence-corrected chi connectivity index (χ1v) is 8.54. The molecule has 3 rings (SSSR count). The van der Waals surface area contributed by atoms with Gasteiger partial charge in [0.1, 0.15) is 5.54 Å². The van der Waals surface area contributed by atoms with E-state index in [4.69, 9.17) is 0 Å². The Kier molecular flexibility index (Phi) is 4.52. The summed E-state index contributed by atoms with van der Waals surface area (Å²) in [4.78, 5) is 16.6. The number of nitrogens with one attached hydrogen (secondary N) is 1. The van der Waals surface area contributed by atoms with E-state index >= 15 is 0 Å². The van der Waals surface area contributed by atoms with Crippen LogP contribution in [-0.4, -0.2) is 71.2 Å². The first kappa shape index (κ1) is 15.3. The van der Waals surface area contributed by atoms with Gasteiger partial charge in [0.15, 0.2) is 0 Å². The van der Waals surface area contributed by atoms with E-state index in [2.05, 4.69) is 15.1 Å². The van der Waals surface area contributed by atoms with Gasteiger partial charge in [0, 0.05) is 25.2 Å². The Hall–Kier alpha value is -0.650. The fraction of sp³-hybridized carbons (Fsp3) is 0.938. The largest absolute Gasteiger partial charge is 0.480 e. The number of rotatable bonds is 6. The zero-order valence-corrected chi connectivity index (χ0v) is 13.2. The number of carbonyl (C=O) groups is 1. The molecular formula is C16H29N3O2. The van der Waals surface area contributed by atoms with Crippen molar-refractivity contribution in [1.82, 2.24) is 15.1 Å². The molecule has 0 radical (unpaired) electrons. The van der Waals surface area contributed by atoms with Crippen molar-refractivity contribution < 1.29 is 9.90 Å². The molecule has 120 valence electrons. The van der Waals surface area contributed by atoms with Crippen molar-refractivity contribution in [3.63, 3.8) is 0 Å². The molecule has 3 aliphatic rings. The maximum absolute atomic E-state index is 11.7. The average molecular weight is 295 g/mol. The highest BCUT2D eigenvalue weighted by atomic mass is 16.4. The molecule has 2 N–H and O–H groups in total. The summed E-state index contributed by atoms with van der Waals surface area (Å²) < 4.78 is 0.